The van der Waals surface area contributed by atoms with Crippen molar-refractivity contribution in [1.82, 2.24) is 5.32 Å². The van der Waals surface area contributed by atoms with E-state index in [1.54, 1.807) is 0 Å². The first-order valence-corrected chi connectivity index (χ1v) is 7.37. The molecule has 1 aliphatic rings. The van der Waals surface area contributed by atoms with Crippen LogP contribution in [-0.2, 0) is 16.4 Å². The summed E-state index contributed by atoms with van der Waals surface area (Å²) in [4.78, 5) is 0. The summed E-state index contributed by atoms with van der Waals surface area (Å²) in [6, 6.07) is 10.1. The maximum atomic E-state index is 11.4. The minimum Gasteiger partial charge on any atom is -0.309 e. The van der Waals surface area contributed by atoms with E-state index in [0.29, 0.717) is 5.75 Å². The van der Waals surface area contributed by atoms with Crippen LogP contribution in [0.3, 0.4) is 0 Å². The number of nitrogens with one attached hydrogen (secondary N) is 1. The van der Waals surface area contributed by atoms with Crippen LogP contribution in [0.1, 0.15) is 12.5 Å². The molecule has 0 saturated carbocycles. The fourth-order valence-corrected chi connectivity index (χ4v) is 4.29. The summed E-state index contributed by atoms with van der Waals surface area (Å²) in [5.41, 5.74) is 1.19. The molecule has 3 nitrogen and oxygen atoms in total. The van der Waals surface area contributed by atoms with Gasteiger partial charge in [-0.25, -0.2) is 8.42 Å². The zero-order valence-corrected chi connectivity index (χ0v) is 10.2. The molecule has 1 aromatic rings. The van der Waals surface area contributed by atoms with E-state index in [9.17, 15) is 8.42 Å². The summed E-state index contributed by atoms with van der Waals surface area (Å²) in [7, 11) is -2.81. The highest BCUT2D eigenvalue weighted by Crippen LogP contribution is 2.18. The Hall–Kier alpha value is -0.870. The average Bonchev–Trinajstić information content (AvgIpc) is 2.50. The van der Waals surface area contributed by atoms with Crippen molar-refractivity contribution in [3.8, 4) is 0 Å². The third-order valence-electron chi connectivity index (χ3n) is 3.05. The predicted molar refractivity (Wildman–Crippen MR) is 64.9 cm³/mol. The lowest BCUT2D eigenvalue weighted by atomic mass is 10.1. The number of hydrogen-bond donors (Lipinski definition) is 1. The predicted octanol–water partition coefficient (Wildman–Crippen LogP) is 1.21. The highest BCUT2D eigenvalue weighted by atomic mass is 32.2. The number of rotatable bonds is 3. The summed E-state index contributed by atoms with van der Waals surface area (Å²) in [6.45, 7) is 2.73. The number of hydrogen-bond acceptors (Lipinski definition) is 3. The molecule has 0 aliphatic carbocycles. The molecule has 88 valence electrons. The van der Waals surface area contributed by atoms with Gasteiger partial charge in [0, 0.05) is 12.6 Å². The molecule has 0 aromatic heterocycles. The van der Waals surface area contributed by atoms with Crippen molar-refractivity contribution in [1.29, 1.82) is 0 Å². The van der Waals surface area contributed by atoms with E-state index < -0.39 is 9.84 Å². The molecule has 2 atom stereocenters. The Morgan fingerprint density at radius 1 is 1.25 bits per heavy atom. The Labute approximate surface area is 96.8 Å². The van der Waals surface area contributed by atoms with Gasteiger partial charge in [0.15, 0.2) is 9.84 Å². The van der Waals surface area contributed by atoms with Gasteiger partial charge in [-0.2, -0.15) is 0 Å². The minimum atomic E-state index is -2.81. The molecule has 0 amide bonds. The maximum Gasteiger partial charge on any atom is 0.152 e. The molecule has 0 bridgehead atoms. The van der Waals surface area contributed by atoms with Gasteiger partial charge in [0.05, 0.1) is 11.5 Å². The SMILES string of the molecule is C[C@H]1CS(=O)(=O)C[C@H]1NCc1ccccc1. The molecular formula is C12H17NO2S. The van der Waals surface area contributed by atoms with Crippen LogP contribution in [0, 0.1) is 5.92 Å². The van der Waals surface area contributed by atoms with Crippen LogP contribution >= 0.6 is 0 Å². The van der Waals surface area contributed by atoms with Gasteiger partial charge in [0.1, 0.15) is 0 Å². The zero-order chi connectivity index (χ0) is 11.6. The summed E-state index contributed by atoms with van der Waals surface area (Å²) < 4.78 is 22.8. The molecule has 1 heterocycles. The summed E-state index contributed by atoms with van der Waals surface area (Å²) >= 11 is 0. The molecule has 0 unspecified atom stereocenters. The smallest absolute Gasteiger partial charge is 0.152 e. The van der Waals surface area contributed by atoms with E-state index in [1.165, 1.54) is 5.56 Å². The van der Waals surface area contributed by atoms with Crippen molar-refractivity contribution in [2.24, 2.45) is 5.92 Å². The van der Waals surface area contributed by atoms with Crippen LogP contribution < -0.4 is 5.32 Å². The van der Waals surface area contributed by atoms with Gasteiger partial charge in [0.25, 0.3) is 0 Å². The van der Waals surface area contributed by atoms with Crippen molar-refractivity contribution in [2.75, 3.05) is 11.5 Å². The quantitative estimate of drug-likeness (QED) is 0.862. The van der Waals surface area contributed by atoms with Crippen molar-refractivity contribution >= 4 is 9.84 Å². The first-order chi connectivity index (χ1) is 7.57. The molecule has 1 N–H and O–H groups in total. The Balaban J connectivity index is 1.92. The first-order valence-electron chi connectivity index (χ1n) is 5.54. The average molecular weight is 239 g/mol. The zero-order valence-electron chi connectivity index (χ0n) is 9.39. The van der Waals surface area contributed by atoms with Gasteiger partial charge in [-0.05, 0) is 11.5 Å². The molecule has 1 aliphatic heterocycles. The van der Waals surface area contributed by atoms with Crippen molar-refractivity contribution in [3.05, 3.63) is 35.9 Å². The van der Waals surface area contributed by atoms with E-state index in [2.05, 4.69) is 5.32 Å². The lowest BCUT2D eigenvalue weighted by molar-refractivity contribution is 0.453. The molecule has 1 saturated heterocycles. The van der Waals surface area contributed by atoms with E-state index in [1.807, 2.05) is 37.3 Å². The second-order valence-electron chi connectivity index (χ2n) is 4.53. The second-order valence-corrected chi connectivity index (χ2v) is 6.68. The first kappa shape index (κ1) is 11.6. The van der Waals surface area contributed by atoms with Gasteiger partial charge in [-0.15, -0.1) is 0 Å². The highest BCUT2D eigenvalue weighted by Gasteiger charge is 2.33. The molecular weight excluding hydrogens is 222 g/mol. The molecule has 1 aromatic carbocycles. The molecule has 1 fully saturated rings. The minimum absolute atomic E-state index is 0.102. The largest absolute Gasteiger partial charge is 0.309 e. The maximum absolute atomic E-state index is 11.4. The van der Waals surface area contributed by atoms with E-state index in [-0.39, 0.29) is 17.7 Å². The topological polar surface area (TPSA) is 46.2 Å². The fourth-order valence-electron chi connectivity index (χ4n) is 2.13. The van der Waals surface area contributed by atoms with E-state index in [4.69, 9.17) is 0 Å². The Morgan fingerprint density at radius 2 is 1.94 bits per heavy atom. The summed E-state index contributed by atoms with van der Waals surface area (Å²) in [5, 5.41) is 3.32. The van der Waals surface area contributed by atoms with Crippen LogP contribution in [0.4, 0.5) is 0 Å². The summed E-state index contributed by atoms with van der Waals surface area (Å²) in [6.07, 6.45) is 0. The Kier molecular flexibility index (Phi) is 3.30. The van der Waals surface area contributed by atoms with Gasteiger partial charge in [-0.1, -0.05) is 37.3 Å². The molecule has 4 heteroatoms. The van der Waals surface area contributed by atoms with Crippen LogP contribution in [0.2, 0.25) is 0 Å². The van der Waals surface area contributed by atoms with Gasteiger partial charge in [0.2, 0.25) is 0 Å². The van der Waals surface area contributed by atoms with E-state index >= 15 is 0 Å². The number of benzene rings is 1. The van der Waals surface area contributed by atoms with Gasteiger partial charge >= 0.3 is 0 Å². The van der Waals surface area contributed by atoms with Gasteiger partial charge < -0.3 is 5.32 Å². The summed E-state index contributed by atoms with van der Waals surface area (Å²) in [5.74, 6) is 0.814. The lowest BCUT2D eigenvalue weighted by Crippen LogP contribution is -2.33. The third-order valence-corrected chi connectivity index (χ3v) is 4.95. The van der Waals surface area contributed by atoms with E-state index in [0.717, 1.165) is 6.54 Å². The highest BCUT2D eigenvalue weighted by molar-refractivity contribution is 7.91. The monoisotopic (exact) mass is 239 g/mol. The van der Waals surface area contributed by atoms with Gasteiger partial charge in [-0.3, -0.25) is 0 Å². The molecule has 2 rings (SSSR count). The molecule has 0 radical (unpaired) electrons. The van der Waals surface area contributed by atoms with Crippen LogP contribution in [0.5, 0.6) is 0 Å². The van der Waals surface area contributed by atoms with Crippen LogP contribution in [0.25, 0.3) is 0 Å². The lowest BCUT2D eigenvalue weighted by Gasteiger charge is -2.15. The normalized spacial score (nSPS) is 28.1. The second kappa shape index (κ2) is 4.55. The van der Waals surface area contributed by atoms with Crippen LogP contribution in [-0.4, -0.2) is 26.0 Å². The van der Waals surface area contributed by atoms with Crippen molar-refractivity contribution in [2.45, 2.75) is 19.5 Å². The fraction of sp³-hybridized carbons (Fsp3) is 0.500. The molecule has 16 heavy (non-hydrogen) atoms. The Bertz CT molecular complexity index is 441. The van der Waals surface area contributed by atoms with Crippen LogP contribution in [0.15, 0.2) is 30.3 Å². The Morgan fingerprint density at radius 3 is 2.50 bits per heavy atom. The molecule has 0 spiro atoms. The standard InChI is InChI=1S/C12H17NO2S/c1-10-8-16(14,15)9-12(10)13-7-11-5-3-2-4-6-11/h2-6,10,12-13H,7-9H2,1H3/t10-,12+/m0/s1. The van der Waals surface area contributed by atoms with Crippen molar-refractivity contribution in [3.63, 3.8) is 0 Å². The number of sulfone groups is 1. The third kappa shape index (κ3) is 2.83. The van der Waals surface area contributed by atoms with Crippen molar-refractivity contribution < 1.29 is 8.42 Å².